The van der Waals surface area contributed by atoms with Crippen molar-refractivity contribution in [3.05, 3.63) is 53.6 Å². The summed E-state index contributed by atoms with van der Waals surface area (Å²) in [4.78, 5) is 14.7. The van der Waals surface area contributed by atoms with E-state index in [1.807, 2.05) is 38.1 Å². The SMILES string of the molecule is COc1ccccc1N1CCN(S(=O)(=O)c2ccc(C)c(C(=O)NC(C)C)c2)CC1. The van der Waals surface area contributed by atoms with Gasteiger partial charge in [-0.15, -0.1) is 0 Å². The number of benzene rings is 2. The first-order chi connectivity index (χ1) is 14.2. The lowest BCUT2D eigenvalue weighted by atomic mass is 10.1. The number of sulfonamides is 1. The van der Waals surface area contributed by atoms with Crippen LogP contribution in [0.3, 0.4) is 0 Å². The Balaban J connectivity index is 1.78. The first-order valence-electron chi connectivity index (χ1n) is 10.0. The van der Waals surface area contributed by atoms with Gasteiger partial charge in [0, 0.05) is 37.8 Å². The molecular weight excluding hydrogens is 402 g/mol. The minimum atomic E-state index is -3.69. The van der Waals surface area contributed by atoms with Gasteiger partial charge in [0.05, 0.1) is 17.7 Å². The van der Waals surface area contributed by atoms with Crippen molar-refractivity contribution in [1.82, 2.24) is 9.62 Å². The molecule has 0 aliphatic carbocycles. The van der Waals surface area contributed by atoms with Crippen molar-refractivity contribution in [2.45, 2.75) is 31.7 Å². The van der Waals surface area contributed by atoms with Gasteiger partial charge in [-0.3, -0.25) is 4.79 Å². The molecule has 7 nitrogen and oxygen atoms in total. The first-order valence-corrected chi connectivity index (χ1v) is 11.5. The van der Waals surface area contributed by atoms with Gasteiger partial charge in [0.2, 0.25) is 10.0 Å². The molecular formula is C22H29N3O4S. The Hall–Kier alpha value is -2.58. The number of methoxy groups -OCH3 is 1. The molecule has 1 aliphatic heterocycles. The molecule has 0 unspecified atom stereocenters. The summed E-state index contributed by atoms with van der Waals surface area (Å²) in [6.07, 6.45) is 0. The van der Waals surface area contributed by atoms with Crippen molar-refractivity contribution < 1.29 is 17.9 Å². The highest BCUT2D eigenvalue weighted by atomic mass is 32.2. The zero-order valence-corrected chi connectivity index (χ0v) is 18.7. The predicted molar refractivity (Wildman–Crippen MR) is 118 cm³/mol. The van der Waals surface area contributed by atoms with Crippen LogP contribution < -0.4 is 15.0 Å². The lowest BCUT2D eigenvalue weighted by Crippen LogP contribution is -2.48. The molecule has 0 atom stereocenters. The fraction of sp³-hybridized carbons (Fsp3) is 0.409. The van der Waals surface area contributed by atoms with E-state index in [0.717, 1.165) is 17.0 Å². The number of nitrogens with zero attached hydrogens (tertiary/aromatic N) is 2. The van der Waals surface area contributed by atoms with Crippen molar-refractivity contribution in [3.8, 4) is 5.75 Å². The van der Waals surface area contributed by atoms with Gasteiger partial charge in [-0.2, -0.15) is 4.31 Å². The molecule has 162 valence electrons. The standard InChI is InChI=1S/C22H29N3O4S/c1-16(2)23-22(26)19-15-18(10-9-17(19)3)30(27,28)25-13-11-24(12-14-25)20-7-5-6-8-21(20)29-4/h5-10,15-16H,11-14H2,1-4H3,(H,23,26). The van der Waals surface area contributed by atoms with Crippen LogP contribution in [-0.2, 0) is 10.0 Å². The van der Waals surface area contributed by atoms with Crippen molar-refractivity contribution >= 4 is 21.6 Å². The van der Waals surface area contributed by atoms with Crippen LogP contribution in [-0.4, -0.2) is 58.0 Å². The second-order valence-electron chi connectivity index (χ2n) is 7.67. The third-order valence-corrected chi connectivity index (χ3v) is 7.07. The molecule has 30 heavy (non-hydrogen) atoms. The Morgan fingerprint density at radius 1 is 1.07 bits per heavy atom. The molecule has 3 rings (SSSR count). The monoisotopic (exact) mass is 431 g/mol. The number of rotatable bonds is 6. The van der Waals surface area contributed by atoms with Gasteiger partial charge < -0.3 is 15.0 Å². The van der Waals surface area contributed by atoms with Crippen molar-refractivity contribution in [3.63, 3.8) is 0 Å². The molecule has 0 radical (unpaired) electrons. The lowest BCUT2D eigenvalue weighted by molar-refractivity contribution is 0.0942. The lowest BCUT2D eigenvalue weighted by Gasteiger charge is -2.36. The number of para-hydroxylation sites is 2. The zero-order chi connectivity index (χ0) is 21.9. The number of piperazine rings is 1. The Morgan fingerprint density at radius 2 is 1.73 bits per heavy atom. The number of hydrogen-bond acceptors (Lipinski definition) is 5. The van der Waals surface area contributed by atoms with Gasteiger partial charge in [-0.05, 0) is 50.6 Å². The fourth-order valence-electron chi connectivity index (χ4n) is 3.56. The Bertz CT molecular complexity index is 1010. The Labute approximate surface area is 178 Å². The van der Waals surface area contributed by atoms with Crippen molar-refractivity contribution in [2.75, 3.05) is 38.2 Å². The predicted octanol–water partition coefficient (Wildman–Crippen LogP) is 2.65. The maximum absolute atomic E-state index is 13.2. The van der Waals surface area contributed by atoms with Gasteiger partial charge in [-0.25, -0.2) is 8.42 Å². The van der Waals surface area contributed by atoms with Crippen LogP contribution in [0.2, 0.25) is 0 Å². The van der Waals surface area contributed by atoms with Crippen molar-refractivity contribution in [1.29, 1.82) is 0 Å². The van der Waals surface area contributed by atoms with Crippen LogP contribution in [0, 0.1) is 6.92 Å². The summed E-state index contributed by atoms with van der Waals surface area (Å²) < 4.78 is 33.3. The molecule has 0 saturated carbocycles. The molecule has 0 bridgehead atoms. The third-order valence-electron chi connectivity index (χ3n) is 5.18. The summed E-state index contributed by atoms with van der Waals surface area (Å²) in [5, 5.41) is 2.83. The number of carbonyl (C=O) groups is 1. The van der Waals surface area contributed by atoms with Gasteiger partial charge in [-0.1, -0.05) is 18.2 Å². The van der Waals surface area contributed by atoms with Crippen LogP contribution >= 0.6 is 0 Å². The number of hydrogen-bond donors (Lipinski definition) is 1. The van der Waals surface area contributed by atoms with E-state index in [4.69, 9.17) is 4.74 Å². The molecule has 1 aliphatic rings. The molecule has 1 N–H and O–H groups in total. The van der Waals surface area contributed by atoms with E-state index < -0.39 is 10.0 Å². The molecule has 0 spiro atoms. The topological polar surface area (TPSA) is 79.0 Å². The summed E-state index contributed by atoms with van der Waals surface area (Å²) in [5.41, 5.74) is 2.09. The quantitative estimate of drug-likeness (QED) is 0.761. The van der Waals surface area contributed by atoms with Crippen LogP contribution in [0.5, 0.6) is 5.75 Å². The molecule has 2 aromatic carbocycles. The van der Waals surface area contributed by atoms with Crippen LogP contribution in [0.15, 0.2) is 47.4 Å². The highest BCUT2D eigenvalue weighted by molar-refractivity contribution is 7.89. The number of carbonyl (C=O) groups excluding carboxylic acids is 1. The van der Waals surface area contributed by atoms with E-state index in [9.17, 15) is 13.2 Å². The minimum Gasteiger partial charge on any atom is -0.495 e. The van der Waals surface area contributed by atoms with Crippen LogP contribution in [0.4, 0.5) is 5.69 Å². The zero-order valence-electron chi connectivity index (χ0n) is 17.9. The highest BCUT2D eigenvalue weighted by Crippen LogP contribution is 2.29. The summed E-state index contributed by atoms with van der Waals surface area (Å²) in [5.74, 6) is 0.508. The summed E-state index contributed by atoms with van der Waals surface area (Å²) in [6, 6.07) is 12.4. The first kappa shape index (κ1) is 22.1. The van der Waals surface area contributed by atoms with Gasteiger partial charge in [0.1, 0.15) is 5.75 Å². The average molecular weight is 432 g/mol. The second-order valence-corrected chi connectivity index (χ2v) is 9.61. The molecule has 0 aromatic heterocycles. The maximum atomic E-state index is 13.2. The Kier molecular flexibility index (Phi) is 6.67. The highest BCUT2D eigenvalue weighted by Gasteiger charge is 2.30. The summed E-state index contributed by atoms with van der Waals surface area (Å²) in [6.45, 7) is 7.39. The number of amides is 1. The van der Waals surface area contributed by atoms with Gasteiger partial charge in [0.25, 0.3) is 5.91 Å². The number of anilines is 1. The number of nitrogens with one attached hydrogen (secondary N) is 1. The van der Waals surface area contributed by atoms with Crippen LogP contribution in [0.25, 0.3) is 0 Å². The molecule has 1 heterocycles. The van der Waals surface area contributed by atoms with Gasteiger partial charge >= 0.3 is 0 Å². The second kappa shape index (κ2) is 9.06. The van der Waals surface area contributed by atoms with E-state index in [2.05, 4.69) is 10.2 Å². The van der Waals surface area contributed by atoms with Crippen molar-refractivity contribution in [2.24, 2.45) is 0 Å². The maximum Gasteiger partial charge on any atom is 0.251 e. The molecule has 1 fully saturated rings. The molecule has 2 aromatic rings. The smallest absolute Gasteiger partial charge is 0.251 e. The molecule has 1 amide bonds. The van der Waals surface area contributed by atoms with E-state index in [0.29, 0.717) is 31.7 Å². The minimum absolute atomic E-state index is 0.0276. The normalized spacial score (nSPS) is 15.3. The summed E-state index contributed by atoms with van der Waals surface area (Å²) >= 11 is 0. The summed E-state index contributed by atoms with van der Waals surface area (Å²) in [7, 11) is -2.06. The molecule has 1 saturated heterocycles. The number of aryl methyl sites for hydroxylation is 1. The average Bonchev–Trinajstić information content (AvgIpc) is 2.73. The van der Waals surface area contributed by atoms with Gasteiger partial charge in [0.15, 0.2) is 0 Å². The largest absolute Gasteiger partial charge is 0.495 e. The van der Waals surface area contributed by atoms with Crippen LogP contribution in [0.1, 0.15) is 29.8 Å². The fourth-order valence-corrected chi connectivity index (χ4v) is 5.00. The van der Waals surface area contributed by atoms with E-state index in [-0.39, 0.29) is 16.8 Å². The number of ether oxygens (including phenoxy) is 1. The van der Waals surface area contributed by atoms with E-state index >= 15 is 0 Å². The Morgan fingerprint density at radius 3 is 2.37 bits per heavy atom. The van der Waals surface area contributed by atoms with E-state index in [1.54, 1.807) is 26.2 Å². The molecule has 8 heteroatoms. The van der Waals surface area contributed by atoms with E-state index in [1.165, 1.54) is 10.4 Å². The third kappa shape index (κ3) is 4.60.